The van der Waals surface area contributed by atoms with Crippen LogP contribution >= 0.6 is 11.6 Å². The lowest BCUT2D eigenvalue weighted by Gasteiger charge is -2.13. The van der Waals surface area contributed by atoms with Crippen LogP contribution in [0.1, 0.15) is 31.3 Å². The van der Waals surface area contributed by atoms with Gasteiger partial charge in [-0.1, -0.05) is 11.6 Å². The minimum atomic E-state index is -0.891. The summed E-state index contributed by atoms with van der Waals surface area (Å²) in [5.41, 5.74) is 1.54. The van der Waals surface area contributed by atoms with Crippen LogP contribution in [0.15, 0.2) is 27.8 Å². The zero-order chi connectivity index (χ0) is 22.8. The molecule has 4 rings (SSSR count). The van der Waals surface area contributed by atoms with E-state index >= 15 is 0 Å². The van der Waals surface area contributed by atoms with Gasteiger partial charge in [0.05, 0.1) is 18.8 Å². The molecule has 9 nitrogen and oxygen atoms in total. The van der Waals surface area contributed by atoms with E-state index in [4.69, 9.17) is 16.3 Å². The van der Waals surface area contributed by atoms with Gasteiger partial charge in [-0.25, -0.2) is 9.36 Å². The highest BCUT2D eigenvalue weighted by Crippen LogP contribution is 2.32. The lowest BCUT2D eigenvalue weighted by atomic mass is 10.2. The summed E-state index contributed by atoms with van der Waals surface area (Å²) in [5, 5.41) is 0.515. The van der Waals surface area contributed by atoms with E-state index in [0.29, 0.717) is 22.2 Å². The summed E-state index contributed by atoms with van der Waals surface area (Å²) in [6.45, 7) is 6.65. The number of hydrogen-bond acceptors (Lipinski definition) is 5. The molecular formula is C21H22ClN5O4. The Kier molecular flexibility index (Phi) is 4.81. The SMILES string of the molecule is COc1ccc(Cl)cc1-n1c(C)c(C)n2c3c(=O)n(C(C)C(C)=O)c(=O)n(C)c3nc12. The number of hydrogen-bond donors (Lipinski definition) is 0. The fraction of sp³-hybridized carbons (Fsp3) is 0.333. The summed E-state index contributed by atoms with van der Waals surface area (Å²) in [6.07, 6.45) is 0. The molecule has 1 atom stereocenters. The van der Waals surface area contributed by atoms with E-state index in [1.54, 1.807) is 29.7 Å². The molecule has 4 aromatic rings. The van der Waals surface area contributed by atoms with Crippen molar-refractivity contribution in [3.63, 3.8) is 0 Å². The monoisotopic (exact) mass is 443 g/mol. The molecule has 1 aromatic carbocycles. The maximum atomic E-state index is 13.4. The highest BCUT2D eigenvalue weighted by molar-refractivity contribution is 6.30. The van der Waals surface area contributed by atoms with Crippen LogP contribution in [0.4, 0.5) is 0 Å². The molecule has 0 aliphatic rings. The standard InChI is InChI=1S/C21H22ClN5O4/c1-10-11(2)26-17-18(24(5)21(30)27(19(17)29)12(3)13(4)28)23-20(26)25(10)15-9-14(22)7-8-16(15)31-6/h7-9,12H,1-6H3. The molecular weight excluding hydrogens is 422 g/mol. The minimum Gasteiger partial charge on any atom is -0.495 e. The van der Waals surface area contributed by atoms with E-state index in [2.05, 4.69) is 4.98 Å². The van der Waals surface area contributed by atoms with Gasteiger partial charge >= 0.3 is 5.69 Å². The van der Waals surface area contributed by atoms with Crippen LogP contribution in [0.5, 0.6) is 5.75 Å². The van der Waals surface area contributed by atoms with Gasteiger partial charge in [-0.05, 0) is 45.9 Å². The van der Waals surface area contributed by atoms with Crippen molar-refractivity contribution in [1.82, 2.24) is 23.1 Å². The van der Waals surface area contributed by atoms with Gasteiger partial charge in [0.15, 0.2) is 16.9 Å². The Morgan fingerprint density at radius 2 is 1.87 bits per heavy atom. The number of aryl methyl sites for hydroxylation is 2. The number of rotatable bonds is 4. The molecule has 0 spiro atoms. The number of fused-ring (bicyclic) bond motifs is 3. The van der Waals surface area contributed by atoms with Gasteiger partial charge in [0.25, 0.3) is 5.56 Å². The van der Waals surface area contributed by atoms with E-state index in [-0.39, 0.29) is 16.9 Å². The molecule has 1 unspecified atom stereocenters. The van der Waals surface area contributed by atoms with Gasteiger partial charge in [0.2, 0.25) is 5.78 Å². The number of imidazole rings is 2. The largest absolute Gasteiger partial charge is 0.495 e. The third-order valence-electron chi connectivity index (χ3n) is 5.83. The zero-order valence-corrected chi connectivity index (χ0v) is 18.8. The second-order valence-corrected chi connectivity index (χ2v) is 7.98. The first-order chi connectivity index (χ1) is 14.6. The van der Waals surface area contributed by atoms with E-state index in [9.17, 15) is 14.4 Å². The molecule has 10 heteroatoms. The first-order valence-corrected chi connectivity index (χ1v) is 10.0. The van der Waals surface area contributed by atoms with Crippen LogP contribution in [-0.4, -0.2) is 36.0 Å². The van der Waals surface area contributed by atoms with Crippen molar-refractivity contribution in [3.8, 4) is 11.4 Å². The highest BCUT2D eigenvalue weighted by Gasteiger charge is 2.26. The molecule has 0 aliphatic carbocycles. The molecule has 0 N–H and O–H groups in total. The smallest absolute Gasteiger partial charge is 0.333 e. The number of benzene rings is 1. The van der Waals surface area contributed by atoms with Crippen LogP contribution in [-0.2, 0) is 11.8 Å². The lowest BCUT2D eigenvalue weighted by Crippen LogP contribution is -2.42. The first kappa shape index (κ1) is 20.9. The van der Waals surface area contributed by atoms with E-state index in [1.165, 1.54) is 25.5 Å². The van der Waals surface area contributed by atoms with Gasteiger partial charge in [0.1, 0.15) is 5.75 Å². The third-order valence-corrected chi connectivity index (χ3v) is 6.06. The molecule has 0 saturated carbocycles. The maximum absolute atomic E-state index is 13.4. The van der Waals surface area contributed by atoms with Crippen LogP contribution in [0, 0.1) is 13.8 Å². The second-order valence-electron chi connectivity index (χ2n) is 7.55. The fourth-order valence-electron chi connectivity index (χ4n) is 3.87. The second kappa shape index (κ2) is 7.12. The summed E-state index contributed by atoms with van der Waals surface area (Å²) in [5.74, 6) is 0.730. The Labute approximate surface area is 182 Å². The van der Waals surface area contributed by atoms with Crippen LogP contribution in [0.3, 0.4) is 0 Å². The van der Waals surface area contributed by atoms with Gasteiger partial charge in [0, 0.05) is 23.5 Å². The molecule has 3 heterocycles. The summed E-state index contributed by atoms with van der Waals surface area (Å²) < 4.78 is 11.3. The molecule has 0 saturated heterocycles. The molecule has 0 fully saturated rings. The van der Waals surface area contributed by atoms with Crippen molar-refractivity contribution < 1.29 is 9.53 Å². The van der Waals surface area contributed by atoms with Crippen LogP contribution in [0.2, 0.25) is 5.02 Å². The average molecular weight is 444 g/mol. The van der Waals surface area contributed by atoms with Crippen molar-refractivity contribution in [1.29, 1.82) is 0 Å². The van der Waals surface area contributed by atoms with Crippen LogP contribution < -0.4 is 16.0 Å². The first-order valence-electron chi connectivity index (χ1n) is 9.66. The van der Waals surface area contributed by atoms with Gasteiger partial charge in [-0.15, -0.1) is 0 Å². The number of carbonyl (C=O) groups excluding carboxylic acids is 1. The molecule has 162 valence electrons. The van der Waals surface area contributed by atoms with Crippen molar-refractivity contribution >= 4 is 34.3 Å². The number of aromatic nitrogens is 5. The molecule has 3 aromatic heterocycles. The zero-order valence-electron chi connectivity index (χ0n) is 18.1. The quantitative estimate of drug-likeness (QED) is 0.483. The Morgan fingerprint density at radius 1 is 1.19 bits per heavy atom. The molecule has 0 radical (unpaired) electrons. The Morgan fingerprint density at radius 3 is 2.48 bits per heavy atom. The number of nitrogens with zero attached hydrogens (tertiary/aromatic N) is 5. The number of halogens is 1. The topological polar surface area (TPSA) is 92.5 Å². The van der Waals surface area contributed by atoms with E-state index in [0.717, 1.165) is 16.0 Å². The summed E-state index contributed by atoms with van der Waals surface area (Å²) >= 11 is 6.24. The average Bonchev–Trinajstić information content (AvgIpc) is 3.22. The number of Topliss-reactive ketones (excluding diaryl/α,β-unsaturated/α-hetero) is 1. The minimum absolute atomic E-state index is 0.227. The summed E-state index contributed by atoms with van der Waals surface area (Å²) in [4.78, 5) is 42.9. The van der Waals surface area contributed by atoms with Crippen molar-refractivity contribution in [2.45, 2.75) is 33.7 Å². The van der Waals surface area contributed by atoms with E-state index in [1.807, 2.05) is 18.4 Å². The Balaban J connectivity index is 2.22. The highest BCUT2D eigenvalue weighted by atomic mass is 35.5. The van der Waals surface area contributed by atoms with Crippen molar-refractivity contribution in [2.75, 3.05) is 7.11 Å². The maximum Gasteiger partial charge on any atom is 0.333 e. The molecule has 0 amide bonds. The predicted octanol–water partition coefficient (Wildman–Crippen LogP) is 2.57. The third kappa shape index (κ3) is 2.83. The number of ether oxygens (including phenoxy) is 1. The summed E-state index contributed by atoms with van der Waals surface area (Å²) in [7, 11) is 3.09. The van der Waals surface area contributed by atoms with Gasteiger partial charge in [-0.2, -0.15) is 4.98 Å². The molecule has 0 aliphatic heterocycles. The number of carbonyl (C=O) groups is 1. The Bertz CT molecular complexity index is 1500. The number of ketones is 1. The lowest BCUT2D eigenvalue weighted by molar-refractivity contribution is -0.119. The molecule has 0 bridgehead atoms. The molecule has 31 heavy (non-hydrogen) atoms. The predicted molar refractivity (Wildman–Crippen MR) is 118 cm³/mol. The van der Waals surface area contributed by atoms with Crippen molar-refractivity contribution in [3.05, 3.63) is 55.4 Å². The normalized spacial score (nSPS) is 12.6. The Hall–Kier alpha value is -3.33. The number of methoxy groups -OCH3 is 1. The van der Waals surface area contributed by atoms with Crippen LogP contribution in [0.25, 0.3) is 22.6 Å². The summed E-state index contributed by atoms with van der Waals surface area (Å²) in [6, 6.07) is 4.34. The van der Waals surface area contributed by atoms with E-state index < -0.39 is 17.3 Å². The van der Waals surface area contributed by atoms with Gasteiger partial charge < -0.3 is 4.74 Å². The fourth-order valence-corrected chi connectivity index (χ4v) is 4.03. The van der Waals surface area contributed by atoms with Crippen molar-refractivity contribution in [2.24, 2.45) is 7.05 Å². The van der Waals surface area contributed by atoms with Gasteiger partial charge in [-0.3, -0.25) is 23.1 Å².